The predicted molar refractivity (Wildman–Crippen MR) is 79.4 cm³/mol. The zero-order valence-electron chi connectivity index (χ0n) is 12.3. The molecule has 0 bridgehead atoms. The Hall–Kier alpha value is -2.83. The summed E-state index contributed by atoms with van der Waals surface area (Å²) in [6, 6.07) is 10.8. The molecule has 1 aliphatic rings. The van der Waals surface area contributed by atoms with Crippen LogP contribution in [0.2, 0.25) is 0 Å². The lowest BCUT2D eigenvalue weighted by Crippen LogP contribution is -2.37. The lowest BCUT2D eigenvalue weighted by molar-refractivity contribution is -0.137. The third-order valence-corrected chi connectivity index (χ3v) is 3.66. The van der Waals surface area contributed by atoms with E-state index in [9.17, 15) is 22.8 Å². The van der Waals surface area contributed by atoms with E-state index in [4.69, 9.17) is 4.74 Å². The van der Waals surface area contributed by atoms with Gasteiger partial charge in [0.05, 0.1) is 11.1 Å². The normalized spacial score (nSPS) is 17.0. The van der Waals surface area contributed by atoms with Gasteiger partial charge in [0.1, 0.15) is 0 Å². The molecule has 2 aromatic rings. The van der Waals surface area contributed by atoms with Crippen LogP contribution in [0.1, 0.15) is 21.5 Å². The number of hydrogen-bond acceptors (Lipinski definition) is 3. The summed E-state index contributed by atoms with van der Waals surface area (Å²) in [4.78, 5) is 24.1. The van der Waals surface area contributed by atoms with Crippen LogP contribution in [-0.2, 0) is 22.1 Å². The van der Waals surface area contributed by atoms with Crippen molar-refractivity contribution in [3.05, 3.63) is 65.2 Å². The third kappa shape index (κ3) is 3.24. The number of fused-ring (bicyclic) bond motifs is 1. The summed E-state index contributed by atoms with van der Waals surface area (Å²) in [7, 11) is 0. The van der Waals surface area contributed by atoms with Gasteiger partial charge in [-0.15, -0.1) is 0 Å². The number of benzene rings is 2. The van der Waals surface area contributed by atoms with E-state index in [0.29, 0.717) is 11.1 Å². The van der Waals surface area contributed by atoms with Crippen LogP contribution in [0, 0.1) is 0 Å². The van der Waals surface area contributed by atoms with Crippen molar-refractivity contribution in [3.8, 4) is 0 Å². The molecule has 0 aliphatic carbocycles. The van der Waals surface area contributed by atoms with Crippen LogP contribution in [-0.4, -0.2) is 18.0 Å². The standard InChI is InChI=1S/C17H12F3NO3/c18-17(19,20)11-5-7-12(8-6-11)21-15(22)14-9-10-3-1-2-4-13(10)16(23)24-14/h1-8,14H,9H2,(H,21,22)/t14-/m0/s1. The highest BCUT2D eigenvalue weighted by Gasteiger charge is 2.32. The summed E-state index contributed by atoms with van der Waals surface area (Å²) >= 11 is 0. The Morgan fingerprint density at radius 2 is 1.75 bits per heavy atom. The highest BCUT2D eigenvalue weighted by molar-refractivity contribution is 6.00. The van der Waals surface area contributed by atoms with Crippen LogP contribution in [0.15, 0.2) is 48.5 Å². The zero-order valence-corrected chi connectivity index (χ0v) is 12.3. The van der Waals surface area contributed by atoms with Crippen LogP contribution in [0.3, 0.4) is 0 Å². The molecule has 1 aliphatic heterocycles. The summed E-state index contributed by atoms with van der Waals surface area (Å²) in [5, 5.41) is 2.46. The Morgan fingerprint density at radius 1 is 1.08 bits per heavy atom. The van der Waals surface area contributed by atoms with E-state index in [2.05, 4.69) is 5.32 Å². The third-order valence-electron chi connectivity index (χ3n) is 3.66. The van der Waals surface area contributed by atoms with E-state index in [1.54, 1.807) is 24.3 Å². The Kier molecular flexibility index (Phi) is 4.01. The second-order valence-electron chi connectivity index (χ2n) is 5.32. The summed E-state index contributed by atoms with van der Waals surface area (Å²) in [5.74, 6) is -1.18. The first-order chi connectivity index (χ1) is 11.3. The van der Waals surface area contributed by atoms with E-state index in [0.717, 1.165) is 24.3 Å². The number of ether oxygens (including phenoxy) is 1. The number of halogens is 3. The fraction of sp³-hybridized carbons (Fsp3) is 0.176. The molecule has 1 amide bonds. The monoisotopic (exact) mass is 335 g/mol. The number of alkyl halides is 3. The van der Waals surface area contributed by atoms with Crippen molar-refractivity contribution in [2.45, 2.75) is 18.7 Å². The van der Waals surface area contributed by atoms with Crippen molar-refractivity contribution in [3.63, 3.8) is 0 Å². The van der Waals surface area contributed by atoms with Crippen molar-refractivity contribution in [2.24, 2.45) is 0 Å². The minimum Gasteiger partial charge on any atom is -0.448 e. The largest absolute Gasteiger partial charge is 0.448 e. The van der Waals surface area contributed by atoms with Gasteiger partial charge in [-0.2, -0.15) is 13.2 Å². The lowest BCUT2D eigenvalue weighted by atomic mass is 9.98. The molecule has 0 saturated heterocycles. The van der Waals surface area contributed by atoms with Gasteiger partial charge in [-0.05, 0) is 35.9 Å². The molecule has 1 N–H and O–H groups in total. The van der Waals surface area contributed by atoms with Gasteiger partial charge < -0.3 is 10.1 Å². The molecule has 4 nitrogen and oxygen atoms in total. The highest BCUT2D eigenvalue weighted by atomic mass is 19.4. The number of rotatable bonds is 2. The first-order valence-electron chi connectivity index (χ1n) is 7.11. The highest BCUT2D eigenvalue weighted by Crippen LogP contribution is 2.30. The average molecular weight is 335 g/mol. The van der Waals surface area contributed by atoms with E-state index in [1.165, 1.54) is 0 Å². The molecule has 0 aromatic heterocycles. The number of hydrogen-bond donors (Lipinski definition) is 1. The predicted octanol–water partition coefficient (Wildman–Crippen LogP) is 3.43. The molecule has 1 heterocycles. The van der Waals surface area contributed by atoms with Gasteiger partial charge in [-0.1, -0.05) is 18.2 Å². The number of esters is 1. The Balaban J connectivity index is 1.71. The molecule has 24 heavy (non-hydrogen) atoms. The first kappa shape index (κ1) is 16.0. The molecule has 2 aromatic carbocycles. The van der Waals surface area contributed by atoms with E-state index in [1.807, 2.05) is 0 Å². The van der Waals surface area contributed by atoms with Crippen molar-refractivity contribution >= 4 is 17.6 Å². The SMILES string of the molecule is O=C1O[C@H](C(=O)Nc2ccc(C(F)(F)F)cc2)Cc2ccccc21. The maximum Gasteiger partial charge on any atom is 0.416 e. The number of anilines is 1. The molecule has 0 spiro atoms. The van der Waals surface area contributed by atoms with Crippen LogP contribution in [0.5, 0.6) is 0 Å². The Morgan fingerprint density at radius 3 is 2.42 bits per heavy atom. The quantitative estimate of drug-likeness (QED) is 0.856. The number of carbonyl (C=O) groups excluding carboxylic acids is 2. The molecule has 1 atom stereocenters. The lowest BCUT2D eigenvalue weighted by Gasteiger charge is -2.23. The summed E-state index contributed by atoms with van der Waals surface area (Å²) in [6.45, 7) is 0. The van der Waals surface area contributed by atoms with Crippen LogP contribution in [0.4, 0.5) is 18.9 Å². The Labute approximate surface area is 135 Å². The van der Waals surface area contributed by atoms with Gasteiger partial charge in [0, 0.05) is 12.1 Å². The summed E-state index contributed by atoms with van der Waals surface area (Å²) < 4.78 is 42.6. The molecule has 7 heteroatoms. The smallest absolute Gasteiger partial charge is 0.416 e. The number of cyclic esters (lactones) is 1. The van der Waals surface area contributed by atoms with E-state index in [-0.39, 0.29) is 12.1 Å². The van der Waals surface area contributed by atoms with Crippen molar-refractivity contribution in [1.29, 1.82) is 0 Å². The molecule has 0 saturated carbocycles. The van der Waals surface area contributed by atoms with Crippen LogP contribution in [0.25, 0.3) is 0 Å². The molecule has 124 valence electrons. The second-order valence-corrected chi connectivity index (χ2v) is 5.32. The van der Waals surface area contributed by atoms with Gasteiger partial charge in [0.15, 0.2) is 6.10 Å². The summed E-state index contributed by atoms with van der Waals surface area (Å²) in [5.41, 5.74) is 0.499. The number of carbonyl (C=O) groups is 2. The van der Waals surface area contributed by atoms with Crippen molar-refractivity contribution < 1.29 is 27.5 Å². The molecule has 3 rings (SSSR count). The van der Waals surface area contributed by atoms with Crippen LogP contribution < -0.4 is 5.32 Å². The first-order valence-corrected chi connectivity index (χ1v) is 7.11. The fourth-order valence-corrected chi connectivity index (χ4v) is 2.44. The van der Waals surface area contributed by atoms with Gasteiger partial charge in [0.2, 0.25) is 0 Å². The molecule has 0 unspecified atom stereocenters. The van der Waals surface area contributed by atoms with Crippen LogP contribution >= 0.6 is 0 Å². The van der Waals surface area contributed by atoms with Gasteiger partial charge >= 0.3 is 12.1 Å². The van der Waals surface area contributed by atoms with Gasteiger partial charge in [-0.25, -0.2) is 4.79 Å². The maximum atomic E-state index is 12.5. The maximum absolute atomic E-state index is 12.5. The van der Waals surface area contributed by atoms with E-state index < -0.39 is 29.7 Å². The van der Waals surface area contributed by atoms with Gasteiger partial charge in [-0.3, -0.25) is 4.79 Å². The zero-order chi connectivity index (χ0) is 17.3. The topological polar surface area (TPSA) is 55.4 Å². The minimum absolute atomic E-state index is 0.197. The number of nitrogens with one attached hydrogen (secondary N) is 1. The second kappa shape index (κ2) is 5.99. The van der Waals surface area contributed by atoms with E-state index >= 15 is 0 Å². The molecule has 0 radical (unpaired) electrons. The summed E-state index contributed by atoms with van der Waals surface area (Å²) in [6.07, 6.45) is -5.24. The van der Waals surface area contributed by atoms with Gasteiger partial charge in [0.25, 0.3) is 5.91 Å². The molecule has 0 fully saturated rings. The fourth-order valence-electron chi connectivity index (χ4n) is 2.44. The van der Waals surface area contributed by atoms with Crippen molar-refractivity contribution in [2.75, 3.05) is 5.32 Å². The minimum atomic E-state index is -4.44. The molecular formula is C17H12F3NO3. The van der Waals surface area contributed by atoms with Crippen molar-refractivity contribution in [1.82, 2.24) is 0 Å². The number of amides is 1. The average Bonchev–Trinajstić information content (AvgIpc) is 2.54. The Bertz CT molecular complexity index is 784. The molecular weight excluding hydrogens is 323 g/mol.